The first kappa shape index (κ1) is 10.2. The number of imide groups is 1. The van der Waals surface area contributed by atoms with Crippen molar-refractivity contribution in [2.45, 2.75) is 6.61 Å². The van der Waals surface area contributed by atoms with Crippen LogP contribution in [0.4, 0.5) is 4.79 Å². The highest BCUT2D eigenvalue weighted by molar-refractivity contribution is 6.02. The van der Waals surface area contributed by atoms with Gasteiger partial charge < -0.3 is 10.2 Å². The third kappa shape index (κ3) is 2.56. The molecule has 2 amide bonds. The quantitative estimate of drug-likeness (QED) is 0.644. The molecule has 3 N–H and O–H groups in total. The maximum Gasteiger partial charge on any atom is 0.411 e. The number of carbonyl (C=O) groups is 2. The first-order valence-corrected chi connectivity index (χ1v) is 3.87. The van der Waals surface area contributed by atoms with Crippen LogP contribution in [0.1, 0.15) is 15.9 Å². The number of aliphatic hydroxyl groups excluding tert-OH is 1. The van der Waals surface area contributed by atoms with Crippen molar-refractivity contribution in [2.24, 2.45) is 0 Å². The van der Waals surface area contributed by atoms with Crippen LogP contribution in [0.25, 0.3) is 0 Å². The number of carboxylic acid groups (broad SMARTS) is 1. The van der Waals surface area contributed by atoms with Crippen molar-refractivity contribution >= 4 is 12.0 Å². The zero-order valence-electron chi connectivity index (χ0n) is 7.23. The Morgan fingerprint density at radius 2 is 1.79 bits per heavy atom. The number of nitrogens with one attached hydrogen (secondary N) is 1. The summed E-state index contributed by atoms with van der Waals surface area (Å²) in [4.78, 5) is 21.2. The Kier molecular flexibility index (Phi) is 3.19. The van der Waals surface area contributed by atoms with E-state index >= 15 is 0 Å². The fourth-order valence-corrected chi connectivity index (χ4v) is 0.931. The molecule has 0 radical (unpaired) electrons. The van der Waals surface area contributed by atoms with Gasteiger partial charge in [-0.15, -0.1) is 0 Å². The van der Waals surface area contributed by atoms with Crippen LogP contribution in [0.3, 0.4) is 0 Å². The maximum absolute atomic E-state index is 11.1. The molecule has 0 saturated heterocycles. The number of benzene rings is 1. The Balaban J connectivity index is 2.76. The predicted octanol–water partition coefficient (Wildman–Crippen LogP) is 0.587. The molecule has 0 atom stereocenters. The van der Waals surface area contributed by atoms with Crippen LogP contribution < -0.4 is 5.32 Å². The smallest absolute Gasteiger partial charge is 0.411 e. The molecule has 74 valence electrons. The fourth-order valence-electron chi connectivity index (χ4n) is 0.931. The molecule has 14 heavy (non-hydrogen) atoms. The minimum absolute atomic E-state index is 0.110. The van der Waals surface area contributed by atoms with Crippen molar-refractivity contribution in [1.29, 1.82) is 0 Å². The second kappa shape index (κ2) is 4.38. The summed E-state index contributed by atoms with van der Waals surface area (Å²) in [6.45, 7) is -0.110. The summed E-state index contributed by atoms with van der Waals surface area (Å²) in [7, 11) is 0. The fraction of sp³-hybridized carbons (Fsp3) is 0.111. The van der Waals surface area contributed by atoms with Gasteiger partial charge in [-0.3, -0.25) is 10.1 Å². The molecule has 0 heterocycles. The molecule has 1 rings (SSSR count). The van der Waals surface area contributed by atoms with Gasteiger partial charge in [-0.1, -0.05) is 12.1 Å². The lowest BCUT2D eigenvalue weighted by molar-refractivity contribution is 0.0948. The van der Waals surface area contributed by atoms with Crippen molar-refractivity contribution in [1.82, 2.24) is 5.32 Å². The third-order valence-corrected chi connectivity index (χ3v) is 1.62. The van der Waals surface area contributed by atoms with Gasteiger partial charge >= 0.3 is 6.09 Å². The van der Waals surface area contributed by atoms with E-state index in [1.54, 1.807) is 17.4 Å². The van der Waals surface area contributed by atoms with Crippen LogP contribution in [0.5, 0.6) is 0 Å². The molecule has 0 aliphatic heterocycles. The van der Waals surface area contributed by atoms with Gasteiger partial charge in [0.05, 0.1) is 6.61 Å². The Morgan fingerprint density at radius 1 is 1.21 bits per heavy atom. The molecule has 0 spiro atoms. The van der Waals surface area contributed by atoms with Gasteiger partial charge in [0.1, 0.15) is 0 Å². The van der Waals surface area contributed by atoms with Crippen LogP contribution >= 0.6 is 0 Å². The minimum Gasteiger partial charge on any atom is -0.465 e. The van der Waals surface area contributed by atoms with Gasteiger partial charge in [-0.2, -0.15) is 0 Å². The summed E-state index contributed by atoms with van der Waals surface area (Å²) in [5.41, 5.74) is 0.904. The monoisotopic (exact) mass is 195 g/mol. The summed E-state index contributed by atoms with van der Waals surface area (Å²) < 4.78 is 0. The molecular formula is C9H9NO4. The maximum atomic E-state index is 11.1. The third-order valence-electron chi connectivity index (χ3n) is 1.62. The topological polar surface area (TPSA) is 86.6 Å². The van der Waals surface area contributed by atoms with Crippen molar-refractivity contribution < 1.29 is 19.8 Å². The minimum atomic E-state index is -1.39. The van der Waals surface area contributed by atoms with Crippen LogP contribution in [-0.2, 0) is 6.61 Å². The average Bonchev–Trinajstić information content (AvgIpc) is 2.17. The summed E-state index contributed by atoms with van der Waals surface area (Å²) >= 11 is 0. The molecule has 0 bridgehead atoms. The SMILES string of the molecule is O=C(O)NC(=O)c1ccc(CO)cc1. The number of carbonyl (C=O) groups excluding carboxylic acids is 1. The van der Waals surface area contributed by atoms with Crippen molar-refractivity contribution in [3.05, 3.63) is 35.4 Å². The van der Waals surface area contributed by atoms with E-state index in [9.17, 15) is 9.59 Å². The Bertz CT molecular complexity index is 344. The van der Waals surface area contributed by atoms with Crippen LogP contribution in [0, 0.1) is 0 Å². The Morgan fingerprint density at radius 3 is 2.21 bits per heavy atom. The number of rotatable bonds is 2. The van der Waals surface area contributed by atoms with Crippen molar-refractivity contribution in [3.63, 3.8) is 0 Å². The first-order chi connectivity index (χ1) is 6.63. The first-order valence-electron chi connectivity index (χ1n) is 3.87. The highest BCUT2D eigenvalue weighted by Crippen LogP contribution is 2.03. The molecule has 0 fully saturated rings. The molecule has 1 aromatic carbocycles. The van der Waals surface area contributed by atoms with Crippen LogP contribution in [0.2, 0.25) is 0 Å². The Labute approximate surface area is 80.0 Å². The zero-order chi connectivity index (χ0) is 10.6. The van der Waals surface area contributed by atoms with E-state index in [0.717, 1.165) is 0 Å². The predicted molar refractivity (Wildman–Crippen MR) is 47.9 cm³/mol. The molecule has 1 aromatic rings. The second-order valence-electron chi connectivity index (χ2n) is 2.61. The van der Waals surface area contributed by atoms with E-state index in [0.29, 0.717) is 5.56 Å². The average molecular weight is 195 g/mol. The molecule has 0 aliphatic rings. The number of hydrogen-bond donors (Lipinski definition) is 3. The van der Waals surface area contributed by atoms with E-state index in [1.807, 2.05) is 0 Å². The van der Waals surface area contributed by atoms with Gasteiger partial charge in [-0.25, -0.2) is 4.79 Å². The highest BCUT2D eigenvalue weighted by atomic mass is 16.4. The highest BCUT2D eigenvalue weighted by Gasteiger charge is 2.07. The second-order valence-corrected chi connectivity index (χ2v) is 2.61. The number of hydrogen-bond acceptors (Lipinski definition) is 3. The van der Waals surface area contributed by atoms with Crippen molar-refractivity contribution in [3.8, 4) is 0 Å². The summed E-state index contributed by atoms with van der Waals surface area (Å²) in [6, 6.07) is 6.00. The van der Waals surface area contributed by atoms with E-state index in [-0.39, 0.29) is 12.2 Å². The number of aliphatic hydroxyl groups is 1. The molecular weight excluding hydrogens is 186 g/mol. The molecule has 0 saturated carbocycles. The number of amides is 2. The zero-order valence-corrected chi connectivity index (χ0v) is 7.23. The molecule has 5 nitrogen and oxygen atoms in total. The van der Waals surface area contributed by atoms with Gasteiger partial charge in [0, 0.05) is 5.56 Å². The summed E-state index contributed by atoms with van der Waals surface area (Å²) in [5, 5.41) is 18.7. The lowest BCUT2D eigenvalue weighted by Crippen LogP contribution is -2.28. The summed E-state index contributed by atoms with van der Waals surface area (Å²) in [5.74, 6) is -0.679. The molecule has 0 aliphatic carbocycles. The largest absolute Gasteiger partial charge is 0.465 e. The van der Waals surface area contributed by atoms with Gasteiger partial charge in [0.15, 0.2) is 0 Å². The van der Waals surface area contributed by atoms with Gasteiger partial charge in [-0.05, 0) is 17.7 Å². The van der Waals surface area contributed by atoms with Crippen molar-refractivity contribution in [2.75, 3.05) is 0 Å². The van der Waals surface area contributed by atoms with E-state index in [1.165, 1.54) is 12.1 Å². The van der Waals surface area contributed by atoms with Gasteiger partial charge in [0.2, 0.25) is 0 Å². The standard InChI is InChI=1S/C9H9NO4/c11-5-6-1-3-7(4-2-6)8(12)10-9(13)14/h1-4,11H,5H2,(H,10,12)(H,13,14). The lowest BCUT2D eigenvalue weighted by Gasteiger charge is -2.00. The van der Waals surface area contributed by atoms with E-state index < -0.39 is 12.0 Å². The molecule has 0 unspecified atom stereocenters. The Hall–Kier alpha value is -1.88. The molecule has 5 heteroatoms. The van der Waals surface area contributed by atoms with Crippen LogP contribution in [0.15, 0.2) is 24.3 Å². The normalized spacial score (nSPS) is 9.50. The van der Waals surface area contributed by atoms with Gasteiger partial charge in [0.25, 0.3) is 5.91 Å². The van der Waals surface area contributed by atoms with E-state index in [2.05, 4.69) is 0 Å². The molecule has 0 aromatic heterocycles. The van der Waals surface area contributed by atoms with E-state index in [4.69, 9.17) is 10.2 Å². The summed E-state index contributed by atoms with van der Waals surface area (Å²) in [6.07, 6.45) is -1.39. The van der Waals surface area contributed by atoms with Crippen LogP contribution in [-0.4, -0.2) is 22.2 Å². The lowest BCUT2D eigenvalue weighted by atomic mass is 10.1.